The van der Waals surface area contributed by atoms with Crippen LogP contribution in [0.25, 0.3) is 0 Å². The molecule has 1 saturated heterocycles. The van der Waals surface area contributed by atoms with Gasteiger partial charge in [-0.2, -0.15) is 0 Å². The monoisotopic (exact) mass is 362 g/mol. The summed E-state index contributed by atoms with van der Waals surface area (Å²) in [6, 6.07) is 8.12. The maximum Gasteiger partial charge on any atom is 0.253 e. The van der Waals surface area contributed by atoms with Gasteiger partial charge in [0.2, 0.25) is 5.91 Å². The Morgan fingerprint density at radius 1 is 1.00 bits per heavy atom. The van der Waals surface area contributed by atoms with Gasteiger partial charge in [0.25, 0.3) is 5.91 Å². The molecule has 2 aromatic carbocycles. The number of carbonyl (C=O) groups excluding carboxylic acids is 2. The highest BCUT2D eigenvalue weighted by Gasteiger charge is 2.29. The normalized spacial score (nSPS) is 17.0. The van der Waals surface area contributed by atoms with Crippen LogP contribution < -0.4 is 5.32 Å². The fourth-order valence-corrected chi connectivity index (χ4v) is 2.98. The lowest BCUT2D eigenvalue weighted by atomic mass is 9.96. The Bertz CT molecular complexity index is 824. The fourth-order valence-electron chi connectivity index (χ4n) is 2.98. The second kappa shape index (κ2) is 7.59. The number of rotatable bonds is 3. The Morgan fingerprint density at radius 3 is 2.38 bits per heavy atom. The van der Waals surface area contributed by atoms with Crippen molar-refractivity contribution in [2.45, 2.75) is 12.8 Å². The summed E-state index contributed by atoms with van der Waals surface area (Å²) in [6.07, 6.45) is 1.18. The molecule has 7 heteroatoms. The van der Waals surface area contributed by atoms with E-state index in [4.69, 9.17) is 0 Å². The first kappa shape index (κ1) is 18.0. The van der Waals surface area contributed by atoms with E-state index in [9.17, 15) is 22.8 Å². The largest absolute Gasteiger partial charge is 0.338 e. The maximum absolute atomic E-state index is 13.7. The highest BCUT2D eigenvalue weighted by Crippen LogP contribution is 2.22. The van der Waals surface area contributed by atoms with Gasteiger partial charge in [0.05, 0.1) is 11.6 Å². The van der Waals surface area contributed by atoms with Gasteiger partial charge in [-0.1, -0.05) is 0 Å². The highest BCUT2D eigenvalue weighted by atomic mass is 19.1. The van der Waals surface area contributed by atoms with Crippen LogP contribution in [0.4, 0.5) is 18.9 Å². The number of hydrogen-bond acceptors (Lipinski definition) is 2. The number of likely N-dealkylation sites (tertiary alicyclic amines) is 1. The Morgan fingerprint density at radius 2 is 1.69 bits per heavy atom. The predicted octanol–water partition coefficient (Wildman–Crippen LogP) is 3.59. The zero-order valence-corrected chi connectivity index (χ0v) is 13.8. The van der Waals surface area contributed by atoms with E-state index in [1.165, 1.54) is 29.2 Å². The van der Waals surface area contributed by atoms with E-state index in [2.05, 4.69) is 5.32 Å². The van der Waals surface area contributed by atoms with Crippen LogP contribution in [0.2, 0.25) is 0 Å². The second-order valence-electron chi connectivity index (χ2n) is 6.21. The third-order valence-electron chi connectivity index (χ3n) is 4.36. The SMILES string of the molecule is O=C(Nc1ccc(F)cc1F)[C@@H]1CCCN(C(=O)c2ccc(F)cc2)C1. The molecule has 3 rings (SSSR count). The van der Waals surface area contributed by atoms with Crippen molar-refractivity contribution in [2.75, 3.05) is 18.4 Å². The zero-order chi connectivity index (χ0) is 18.7. The van der Waals surface area contributed by atoms with E-state index in [0.717, 1.165) is 12.1 Å². The molecule has 1 N–H and O–H groups in total. The van der Waals surface area contributed by atoms with Crippen molar-refractivity contribution in [3.05, 3.63) is 65.5 Å². The first-order chi connectivity index (χ1) is 12.4. The number of hydrogen-bond donors (Lipinski definition) is 1. The Hall–Kier alpha value is -2.83. The van der Waals surface area contributed by atoms with Crippen LogP contribution >= 0.6 is 0 Å². The van der Waals surface area contributed by atoms with Crippen molar-refractivity contribution in [3.8, 4) is 0 Å². The second-order valence-corrected chi connectivity index (χ2v) is 6.21. The first-order valence-corrected chi connectivity index (χ1v) is 8.25. The maximum atomic E-state index is 13.7. The van der Waals surface area contributed by atoms with Crippen molar-refractivity contribution < 1.29 is 22.8 Å². The van der Waals surface area contributed by atoms with Crippen LogP contribution in [0.3, 0.4) is 0 Å². The highest BCUT2D eigenvalue weighted by molar-refractivity contribution is 5.96. The molecule has 0 bridgehead atoms. The van der Waals surface area contributed by atoms with Gasteiger partial charge in [-0.15, -0.1) is 0 Å². The Labute approximate surface area is 148 Å². The molecule has 0 spiro atoms. The lowest BCUT2D eigenvalue weighted by Gasteiger charge is -2.32. The van der Waals surface area contributed by atoms with Gasteiger partial charge < -0.3 is 10.2 Å². The van der Waals surface area contributed by atoms with Crippen molar-refractivity contribution in [3.63, 3.8) is 0 Å². The molecule has 1 heterocycles. The number of nitrogens with one attached hydrogen (secondary N) is 1. The molecule has 0 radical (unpaired) electrons. The summed E-state index contributed by atoms with van der Waals surface area (Å²) in [5.74, 6) is -3.22. The molecule has 4 nitrogen and oxygen atoms in total. The first-order valence-electron chi connectivity index (χ1n) is 8.25. The van der Waals surface area contributed by atoms with E-state index in [1.807, 2.05) is 0 Å². The third kappa shape index (κ3) is 4.04. The molecule has 1 fully saturated rings. The van der Waals surface area contributed by atoms with Gasteiger partial charge in [0.1, 0.15) is 17.5 Å². The fraction of sp³-hybridized carbons (Fsp3) is 0.263. The molecule has 1 aliphatic rings. The number of piperidine rings is 1. The van der Waals surface area contributed by atoms with Gasteiger partial charge >= 0.3 is 0 Å². The van der Waals surface area contributed by atoms with Gasteiger partial charge in [0.15, 0.2) is 0 Å². The summed E-state index contributed by atoms with van der Waals surface area (Å²) in [7, 11) is 0. The van der Waals surface area contributed by atoms with Gasteiger partial charge in [-0.05, 0) is 49.2 Å². The standard InChI is InChI=1S/C19H17F3N2O2/c20-14-5-3-12(4-6-14)19(26)24-9-1-2-13(11-24)18(25)23-17-8-7-15(21)10-16(17)22/h3-8,10,13H,1-2,9,11H2,(H,23,25)/t13-/m1/s1. The van der Waals surface area contributed by atoms with Gasteiger partial charge in [-0.25, -0.2) is 13.2 Å². The van der Waals surface area contributed by atoms with Gasteiger partial charge in [-0.3, -0.25) is 9.59 Å². The number of anilines is 1. The molecule has 0 aliphatic carbocycles. The van der Waals surface area contributed by atoms with E-state index in [1.54, 1.807) is 0 Å². The van der Waals surface area contributed by atoms with Crippen molar-refractivity contribution in [1.82, 2.24) is 4.90 Å². The van der Waals surface area contributed by atoms with Crippen molar-refractivity contribution in [1.29, 1.82) is 0 Å². The zero-order valence-electron chi connectivity index (χ0n) is 13.8. The molecule has 0 aromatic heterocycles. The van der Waals surface area contributed by atoms with Crippen LogP contribution in [0.5, 0.6) is 0 Å². The summed E-state index contributed by atoms with van der Waals surface area (Å²) >= 11 is 0. The van der Waals surface area contributed by atoms with Crippen LogP contribution in [0.1, 0.15) is 23.2 Å². The molecule has 2 amide bonds. The van der Waals surface area contributed by atoms with E-state index < -0.39 is 29.3 Å². The lowest BCUT2D eigenvalue weighted by molar-refractivity contribution is -0.121. The molecule has 136 valence electrons. The number of benzene rings is 2. The topological polar surface area (TPSA) is 49.4 Å². The molecule has 0 saturated carbocycles. The molecule has 1 atom stereocenters. The molecular weight excluding hydrogens is 345 g/mol. The summed E-state index contributed by atoms with van der Waals surface area (Å²) in [5.41, 5.74) is 0.246. The third-order valence-corrected chi connectivity index (χ3v) is 4.36. The average molecular weight is 362 g/mol. The van der Waals surface area contributed by atoms with E-state index in [-0.39, 0.29) is 18.1 Å². The van der Waals surface area contributed by atoms with Crippen LogP contribution in [0, 0.1) is 23.4 Å². The van der Waals surface area contributed by atoms with Crippen molar-refractivity contribution in [2.24, 2.45) is 5.92 Å². The minimum Gasteiger partial charge on any atom is -0.338 e. The van der Waals surface area contributed by atoms with Crippen LogP contribution in [-0.4, -0.2) is 29.8 Å². The quantitative estimate of drug-likeness (QED) is 0.907. The van der Waals surface area contributed by atoms with Crippen LogP contribution in [-0.2, 0) is 4.79 Å². The van der Waals surface area contributed by atoms with Crippen molar-refractivity contribution >= 4 is 17.5 Å². The Balaban J connectivity index is 1.66. The van der Waals surface area contributed by atoms with Crippen LogP contribution in [0.15, 0.2) is 42.5 Å². The summed E-state index contributed by atoms with van der Waals surface area (Å²) in [5, 5.41) is 2.45. The smallest absolute Gasteiger partial charge is 0.253 e. The molecular formula is C19H17F3N2O2. The number of carbonyl (C=O) groups is 2. The molecule has 26 heavy (non-hydrogen) atoms. The lowest BCUT2D eigenvalue weighted by Crippen LogP contribution is -2.43. The summed E-state index contributed by atoms with van der Waals surface area (Å²) in [4.78, 5) is 26.4. The van der Waals surface area contributed by atoms with E-state index in [0.29, 0.717) is 31.0 Å². The van der Waals surface area contributed by atoms with E-state index >= 15 is 0 Å². The number of nitrogens with zero attached hydrogens (tertiary/aromatic N) is 1. The molecule has 2 aromatic rings. The number of halogens is 3. The summed E-state index contributed by atoms with van der Waals surface area (Å²) < 4.78 is 39.6. The average Bonchev–Trinajstić information content (AvgIpc) is 2.64. The molecule has 1 aliphatic heterocycles. The minimum atomic E-state index is -0.853. The summed E-state index contributed by atoms with van der Waals surface area (Å²) in [6.45, 7) is 0.676. The van der Waals surface area contributed by atoms with Gasteiger partial charge in [0, 0.05) is 24.7 Å². The number of amides is 2. The molecule has 0 unspecified atom stereocenters. The Kier molecular flexibility index (Phi) is 5.25. The minimum absolute atomic E-state index is 0.0987. The predicted molar refractivity (Wildman–Crippen MR) is 90.0 cm³/mol.